The number of ether oxygens (including phenoxy) is 1. The van der Waals surface area contributed by atoms with Crippen molar-refractivity contribution in [2.24, 2.45) is 0 Å². The van der Waals surface area contributed by atoms with Gasteiger partial charge in [-0.15, -0.1) is 0 Å². The molecule has 0 atom stereocenters. The number of hydrogen-bond donors (Lipinski definition) is 2. The van der Waals surface area contributed by atoms with Gasteiger partial charge in [-0.05, 0) is 37.1 Å². The average Bonchev–Trinajstić information content (AvgIpc) is 2.96. The van der Waals surface area contributed by atoms with Gasteiger partial charge < -0.3 is 15.4 Å². The van der Waals surface area contributed by atoms with Crippen LogP contribution in [0.5, 0.6) is 0 Å². The number of nitrogens with one attached hydrogen (secondary N) is 2. The highest BCUT2D eigenvalue weighted by atomic mass is 16.6. The predicted molar refractivity (Wildman–Crippen MR) is 105 cm³/mol. The summed E-state index contributed by atoms with van der Waals surface area (Å²) in [5.41, 5.74) is 0.764. The monoisotopic (exact) mass is 385 g/mol. The number of aromatic nitrogens is 2. The first-order chi connectivity index (χ1) is 13.6. The Morgan fingerprint density at radius 1 is 1.11 bits per heavy atom. The van der Waals surface area contributed by atoms with Crippen molar-refractivity contribution < 1.29 is 14.5 Å². The standard InChI is InChI=1S/C19H23N5O4/c1-28-19(25)13-8-10-15(11-9-13)23-18-16(24(26)27)17(20-12-21-18)22-14-6-4-2-3-5-7-14/h8-12,14H,2-7H2,1H3,(H2,20,21,22,23). The summed E-state index contributed by atoms with van der Waals surface area (Å²) in [6.07, 6.45) is 7.84. The van der Waals surface area contributed by atoms with Gasteiger partial charge in [-0.2, -0.15) is 0 Å². The summed E-state index contributed by atoms with van der Waals surface area (Å²) in [5, 5.41) is 17.9. The molecule has 2 N–H and O–H groups in total. The molecular formula is C19H23N5O4. The van der Waals surface area contributed by atoms with E-state index in [0.29, 0.717) is 11.3 Å². The van der Waals surface area contributed by atoms with Crippen LogP contribution in [0.3, 0.4) is 0 Å². The lowest BCUT2D eigenvalue weighted by Crippen LogP contribution is -2.20. The third-order valence-electron chi connectivity index (χ3n) is 4.77. The second kappa shape index (κ2) is 9.12. The Labute approximate surface area is 162 Å². The topological polar surface area (TPSA) is 119 Å². The number of rotatable bonds is 6. The minimum atomic E-state index is -0.482. The van der Waals surface area contributed by atoms with Gasteiger partial charge in [0.2, 0.25) is 11.6 Å². The number of carbonyl (C=O) groups excluding carboxylic acids is 1. The number of methoxy groups -OCH3 is 1. The Morgan fingerprint density at radius 3 is 2.36 bits per heavy atom. The molecule has 9 heteroatoms. The van der Waals surface area contributed by atoms with E-state index in [0.717, 1.165) is 25.7 Å². The van der Waals surface area contributed by atoms with Crippen LogP contribution in [0.2, 0.25) is 0 Å². The smallest absolute Gasteiger partial charge is 0.353 e. The molecule has 0 radical (unpaired) electrons. The molecule has 1 fully saturated rings. The summed E-state index contributed by atoms with van der Waals surface area (Å²) in [6.45, 7) is 0. The Bertz CT molecular complexity index is 833. The molecule has 2 aromatic rings. The third-order valence-corrected chi connectivity index (χ3v) is 4.77. The van der Waals surface area contributed by atoms with Crippen molar-refractivity contribution in [1.82, 2.24) is 9.97 Å². The van der Waals surface area contributed by atoms with Gasteiger partial charge in [-0.3, -0.25) is 10.1 Å². The molecule has 1 aromatic heterocycles. The lowest BCUT2D eigenvalue weighted by atomic mass is 10.1. The normalized spacial score (nSPS) is 14.8. The molecule has 1 aromatic carbocycles. The van der Waals surface area contributed by atoms with Crippen LogP contribution in [0, 0.1) is 10.1 Å². The number of anilines is 3. The maximum absolute atomic E-state index is 11.7. The lowest BCUT2D eigenvalue weighted by Gasteiger charge is -2.17. The van der Waals surface area contributed by atoms with Crippen LogP contribution < -0.4 is 10.6 Å². The van der Waals surface area contributed by atoms with Crippen molar-refractivity contribution in [3.63, 3.8) is 0 Å². The first kappa shape index (κ1) is 19.5. The Morgan fingerprint density at radius 2 is 1.75 bits per heavy atom. The minimum absolute atomic E-state index is 0.0990. The van der Waals surface area contributed by atoms with E-state index < -0.39 is 10.9 Å². The van der Waals surface area contributed by atoms with E-state index >= 15 is 0 Å². The first-order valence-electron chi connectivity index (χ1n) is 9.30. The molecule has 0 spiro atoms. The Hall–Kier alpha value is -3.23. The number of nitrogens with zero attached hydrogens (tertiary/aromatic N) is 3. The Kier molecular flexibility index (Phi) is 6.36. The van der Waals surface area contributed by atoms with Crippen LogP contribution in [-0.4, -0.2) is 34.0 Å². The molecule has 3 rings (SSSR count). The lowest BCUT2D eigenvalue weighted by molar-refractivity contribution is -0.383. The third kappa shape index (κ3) is 4.73. The van der Waals surface area contributed by atoms with Crippen molar-refractivity contribution >= 4 is 29.0 Å². The molecule has 148 valence electrons. The van der Waals surface area contributed by atoms with Crippen molar-refractivity contribution in [3.05, 3.63) is 46.3 Å². The van der Waals surface area contributed by atoms with E-state index in [1.807, 2.05) is 0 Å². The van der Waals surface area contributed by atoms with Gasteiger partial charge in [0.05, 0.1) is 17.6 Å². The van der Waals surface area contributed by atoms with Crippen molar-refractivity contribution in [1.29, 1.82) is 0 Å². The van der Waals surface area contributed by atoms with Crippen LogP contribution in [0.25, 0.3) is 0 Å². The van der Waals surface area contributed by atoms with Gasteiger partial charge in [0, 0.05) is 11.7 Å². The van der Waals surface area contributed by atoms with Crippen molar-refractivity contribution in [3.8, 4) is 0 Å². The second-order valence-corrected chi connectivity index (χ2v) is 6.70. The number of benzene rings is 1. The highest BCUT2D eigenvalue weighted by Crippen LogP contribution is 2.33. The quantitative estimate of drug-likeness (QED) is 0.331. The molecule has 0 bridgehead atoms. The van der Waals surface area contributed by atoms with Gasteiger partial charge >= 0.3 is 11.7 Å². The van der Waals surface area contributed by atoms with Crippen LogP contribution >= 0.6 is 0 Å². The molecule has 1 saturated carbocycles. The zero-order valence-corrected chi connectivity index (χ0v) is 15.7. The van der Waals surface area contributed by atoms with E-state index in [-0.39, 0.29) is 23.4 Å². The first-order valence-corrected chi connectivity index (χ1v) is 9.30. The van der Waals surface area contributed by atoms with E-state index in [9.17, 15) is 14.9 Å². The predicted octanol–water partition coefficient (Wildman–Crippen LogP) is 4.05. The van der Waals surface area contributed by atoms with Gasteiger partial charge in [-0.25, -0.2) is 14.8 Å². The van der Waals surface area contributed by atoms with E-state index in [2.05, 4.69) is 25.3 Å². The largest absolute Gasteiger partial charge is 0.465 e. The molecule has 1 aliphatic carbocycles. The maximum Gasteiger partial charge on any atom is 0.353 e. The zero-order chi connectivity index (χ0) is 19.9. The summed E-state index contributed by atoms with van der Waals surface area (Å²) in [4.78, 5) is 30.9. The van der Waals surface area contributed by atoms with Crippen molar-refractivity contribution in [2.45, 2.75) is 44.6 Å². The van der Waals surface area contributed by atoms with Gasteiger partial charge in [0.1, 0.15) is 6.33 Å². The molecule has 0 saturated heterocycles. The van der Waals surface area contributed by atoms with E-state index in [4.69, 9.17) is 0 Å². The number of hydrogen-bond acceptors (Lipinski definition) is 8. The number of nitro groups is 1. The second-order valence-electron chi connectivity index (χ2n) is 6.70. The summed E-state index contributed by atoms with van der Waals surface area (Å²) in [7, 11) is 1.31. The minimum Gasteiger partial charge on any atom is -0.465 e. The number of esters is 1. The fourth-order valence-corrected chi connectivity index (χ4v) is 3.31. The highest BCUT2D eigenvalue weighted by Gasteiger charge is 2.25. The van der Waals surface area contributed by atoms with Crippen LogP contribution in [-0.2, 0) is 4.74 Å². The summed E-state index contributed by atoms with van der Waals surface area (Å²) >= 11 is 0. The maximum atomic E-state index is 11.7. The van der Waals surface area contributed by atoms with Gasteiger partial charge in [0.15, 0.2) is 0 Å². The van der Waals surface area contributed by atoms with Gasteiger partial charge in [-0.1, -0.05) is 25.7 Å². The fourth-order valence-electron chi connectivity index (χ4n) is 3.31. The van der Waals surface area contributed by atoms with Crippen molar-refractivity contribution in [2.75, 3.05) is 17.7 Å². The molecule has 1 heterocycles. The summed E-state index contributed by atoms with van der Waals surface area (Å²) in [6, 6.07) is 6.59. The molecule has 28 heavy (non-hydrogen) atoms. The zero-order valence-electron chi connectivity index (χ0n) is 15.7. The molecular weight excluding hydrogens is 362 g/mol. The Balaban J connectivity index is 1.82. The molecule has 0 unspecified atom stereocenters. The highest BCUT2D eigenvalue weighted by molar-refractivity contribution is 5.89. The molecule has 9 nitrogen and oxygen atoms in total. The van der Waals surface area contributed by atoms with E-state index in [1.54, 1.807) is 24.3 Å². The van der Waals surface area contributed by atoms with Crippen LogP contribution in [0.1, 0.15) is 48.9 Å². The molecule has 1 aliphatic rings. The SMILES string of the molecule is COC(=O)c1ccc(Nc2ncnc(NC3CCCCCC3)c2[N+](=O)[O-])cc1. The van der Waals surface area contributed by atoms with Gasteiger partial charge in [0.25, 0.3) is 0 Å². The number of carbonyl (C=O) groups is 1. The van der Waals surface area contributed by atoms with Crippen LogP contribution in [0.15, 0.2) is 30.6 Å². The van der Waals surface area contributed by atoms with E-state index in [1.165, 1.54) is 26.3 Å². The van der Waals surface area contributed by atoms with Crippen LogP contribution in [0.4, 0.5) is 23.0 Å². The molecule has 0 aliphatic heterocycles. The fraction of sp³-hybridized carbons (Fsp3) is 0.421. The summed E-state index contributed by atoms with van der Waals surface area (Å²) in [5.74, 6) is -0.128. The average molecular weight is 385 g/mol. The molecule has 0 amide bonds. The summed E-state index contributed by atoms with van der Waals surface area (Å²) < 4.78 is 4.66.